The van der Waals surface area contributed by atoms with Crippen LogP contribution in [0.1, 0.15) is 24.1 Å². The Morgan fingerprint density at radius 2 is 2.20 bits per heavy atom. The second kappa shape index (κ2) is 10.1. The Kier molecular flexibility index (Phi) is 6.76. The monoisotopic (exact) mass is 481 g/mol. The number of fused-ring (bicyclic) bond motifs is 2. The molecule has 3 aromatic rings. The summed E-state index contributed by atoms with van der Waals surface area (Å²) < 4.78 is 31.4. The van der Waals surface area contributed by atoms with Gasteiger partial charge in [0.2, 0.25) is 0 Å². The number of hydrogen-bond acceptors (Lipinski definition) is 8. The molecule has 1 fully saturated rings. The smallest absolute Gasteiger partial charge is 0.263 e. The second-order valence-corrected chi connectivity index (χ2v) is 8.85. The highest BCUT2D eigenvalue weighted by Crippen LogP contribution is 2.28. The predicted octanol–water partition coefficient (Wildman–Crippen LogP) is 2.32. The third kappa shape index (κ3) is 5.19. The molecule has 4 heterocycles. The minimum atomic E-state index is -0.379. The molecule has 0 radical (unpaired) electrons. The number of carbonyl (C=O) groups is 1. The molecule has 0 aliphatic carbocycles. The third-order valence-electron chi connectivity index (χ3n) is 6.47. The summed E-state index contributed by atoms with van der Waals surface area (Å²) in [6, 6.07) is 8.88. The average Bonchev–Trinajstić information content (AvgIpc) is 2.88. The highest BCUT2D eigenvalue weighted by atomic mass is 19.1. The van der Waals surface area contributed by atoms with Crippen molar-refractivity contribution in [3.63, 3.8) is 0 Å². The van der Waals surface area contributed by atoms with Crippen molar-refractivity contribution < 1.29 is 23.4 Å². The maximum absolute atomic E-state index is 14.7. The Labute approximate surface area is 202 Å². The number of rotatable bonds is 7. The Hall–Kier alpha value is -3.34. The lowest BCUT2D eigenvalue weighted by molar-refractivity contribution is -0.118. The molecule has 1 aromatic carbocycles. The normalized spacial score (nSPS) is 20.6. The maximum Gasteiger partial charge on any atom is 0.263 e. The van der Waals surface area contributed by atoms with Gasteiger partial charge in [-0.15, -0.1) is 0 Å². The number of carbonyl (C=O) groups excluding carboxylic acids is 1. The van der Waals surface area contributed by atoms with Gasteiger partial charge in [-0.2, -0.15) is 0 Å². The number of benzene rings is 1. The van der Waals surface area contributed by atoms with E-state index in [0.29, 0.717) is 53.4 Å². The Morgan fingerprint density at radius 3 is 3.00 bits per heavy atom. The molecule has 2 aliphatic heterocycles. The SMILES string of the molecule is COc1ccc2ncc(F)c(C[C@@H](N)[C@@H]3CC[C@@H](NCc4ccc5c(n4)NC(=O)CO5)CO3)c2c1. The molecule has 0 unspecified atom stereocenters. The lowest BCUT2D eigenvalue weighted by atomic mass is 9.93. The van der Waals surface area contributed by atoms with Crippen LogP contribution in [0.2, 0.25) is 0 Å². The molecule has 9 nitrogen and oxygen atoms in total. The zero-order chi connectivity index (χ0) is 24.4. The van der Waals surface area contributed by atoms with Crippen LogP contribution >= 0.6 is 0 Å². The number of pyridine rings is 2. The van der Waals surface area contributed by atoms with Crippen LogP contribution in [-0.2, 0) is 22.5 Å². The van der Waals surface area contributed by atoms with Crippen molar-refractivity contribution in [2.24, 2.45) is 5.73 Å². The fourth-order valence-corrected chi connectivity index (χ4v) is 4.53. The van der Waals surface area contributed by atoms with E-state index in [1.165, 1.54) is 6.20 Å². The van der Waals surface area contributed by atoms with E-state index in [-0.39, 0.29) is 36.5 Å². The molecule has 2 aromatic heterocycles. The fourth-order valence-electron chi connectivity index (χ4n) is 4.53. The van der Waals surface area contributed by atoms with Crippen molar-refractivity contribution in [1.82, 2.24) is 15.3 Å². The molecule has 3 atom stereocenters. The number of hydrogen-bond donors (Lipinski definition) is 3. The van der Waals surface area contributed by atoms with Crippen molar-refractivity contribution >= 4 is 22.6 Å². The summed E-state index contributed by atoms with van der Waals surface area (Å²) in [5.74, 6) is 1.07. The highest BCUT2D eigenvalue weighted by Gasteiger charge is 2.28. The van der Waals surface area contributed by atoms with Crippen LogP contribution in [0.25, 0.3) is 10.9 Å². The van der Waals surface area contributed by atoms with Crippen LogP contribution in [0.3, 0.4) is 0 Å². The summed E-state index contributed by atoms with van der Waals surface area (Å²) >= 11 is 0. The summed E-state index contributed by atoms with van der Waals surface area (Å²) in [5, 5.41) is 6.87. The third-order valence-corrected chi connectivity index (χ3v) is 6.47. The van der Waals surface area contributed by atoms with Crippen molar-refractivity contribution in [2.45, 2.75) is 44.0 Å². The number of nitrogens with two attached hydrogens (primary N) is 1. The first-order valence-corrected chi connectivity index (χ1v) is 11.6. The Balaban J connectivity index is 1.16. The van der Waals surface area contributed by atoms with E-state index in [1.807, 2.05) is 18.2 Å². The maximum atomic E-state index is 14.7. The van der Waals surface area contributed by atoms with Crippen LogP contribution in [0.4, 0.5) is 10.2 Å². The van der Waals surface area contributed by atoms with Crippen LogP contribution in [0, 0.1) is 5.82 Å². The summed E-state index contributed by atoms with van der Waals surface area (Å²) in [7, 11) is 1.58. The Morgan fingerprint density at radius 1 is 1.31 bits per heavy atom. The van der Waals surface area contributed by atoms with Crippen LogP contribution in [-0.4, -0.2) is 54.4 Å². The molecule has 0 spiro atoms. The van der Waals surface area contributed by atoms with Gasteiger partial charge in [0.25, 0.3) is 5.91 Å². The van der Waals surface area contributed by atoms with E-state index in [2.05, 4.69) is 20.6 Å². The van der Waals surface area contributed by atoms with E-state index >= 15 is 0 Å². The molecule has 1 saturated heterocycles. The van der Waals surface area contributed by atoms with E-state index in [0.717, 1.165) is 18.5 Å². The molecule has 5 rings (SSSR count). The summed E-state index contributed by atoms with van der Waals surface area (Å²) in [6.45, 7) is 1.04. The molecule has 1 amide bonds. The van der Waals surface area contributed by atoms with Gasteiger partial charge in [0.15, 0.2) is 18.2 Å². The summed E-state index contributed by atoms with van der Waals surface area (Å²) in [6.07, 6.45) is 3.04. The van der Waals surface area contributed by atoms with Gasteiger partial charge in [-0.05, 0) is 49.6 Å². The van der Waals surface area contributed by atoms with Crippen molar-refractivity contribution in [3.05, 3.63) is 53.6 Å². The van der Waals surface area contributed by atoms with Crippen LogP contribution in [0.15, 0.2) is 36.5 Å². The number of anilines is 1. The minimum absolute atomic E-state index is 0.00715. The largest absolute Gasteiger partial charge is 0.497 e. The zero-order valence-electron chi connectivity index (χ0n) is 19.4. The molecular formula is C25H28FN5O4. The molecule has 10 heteroatoms. The first-order valence-electron chi connectivity index (χ1n) is 11.6. The summed E-state index contributed by atoms with van der Waals surface area (Å²) in [4.78, 5) is 20.1. The van der Waals surface area contributed by atoms with E-state index in [9.17, 15) is 9.18 Å². The van der Waals surface area contributed by atoms with Crippen LogP contribution in [0.5, 0.6) is 11.5 Å². The molecule has 35 heavy (non-hydrogen) atoms. The van der Waals surface area contributed by atoms with E-state index in [1.54, 1.807) is 19.2 Å². The zero-order valence-corrected chi connectivity index (χ0v) is 19.4. The molecule has 4 N–H and O–H groups in total. The van der Waals surface area contributed by atoms with Gasteiger partial charge in [0.05, 0.1) is 37.2 Å². The first-order chi connectivity index (χ1) is 17.0. The van der Waals surface area contributed by atoms with Gasteiger partial charge in [-0.25, -0.2) is 9.37 Å². The fraction of sp³-hybridized carbons (Fsp3) is 0.400. The van der Waals surface area contributed by atoms with Crippen molar-refractivity contribution in [1.29, 1.82) is 0 Å². The van der Waals surface area contributed by atoms with Gasteiger partial charge in [-0.1, -0.05) is 0 Å². The number of halogens is 1. The standard InChI is InChI=1S/C25H28FN5O4/c1-33-16-4-5-21-18(8-16)17(19(26)11-29-21)9-20(27)22-6-3-15(12-34-22)28-10-14-2-7-23-25(30-14)31-24(32)13-35-23/h2,4-5,7-8,11,15,20,22,28H,3,6,9-10,12-13,27H2,1H3,(H,30,31,32)/t15-,20-,22+/m1/s1. The number of nitrogens with zero attached hydrogens (tertiary/aromatic N) is 2. The number of nitrogens with one attached hydrogen (secondary N) is 2. The predicted molar refractivity (Wildman–Crippen MR) is 128 cm³/mol. The summed E-state index contributed by atoms with van der Waals surface area (Å²) in [5.41, 5.74) is 8.50. The highest BCUT2D eigenvalue weighted by molar-refractivity contribution is 5.94. The minimum Gasteiger partial charge on any atom is -0.497 e. The lowest BCUT2D eigenvalue weighted by Crippen LogP contribution is -2.47. The van der Waals surface area contributed by atoms with E-state index < -0.39 is 0 Å². The van der Waals surface area contributed by atoms with Gasteiger partial charge in [0.1, 0.15) is 11.6 Å². The van der Waals surface area contributed by atoms with Gasteiger partial charge >= 0.3 is 0 Å². The number of amides is 1. The lowest BCUT2D eigenvalue weighted by Gasteiger charge is -2.33. The number of ether oxygens (including phenoxy) is 3. The van der Waals surface area contributed by atoms with Gasteiger partial charge in [0, 0.05) is 29.6 Å². The van der Waals surface area contributed by atoms with Gasteiger partial charge < -0.3 is 30.6 Å². The molecule has 0 bridgehead atoms. The second-order valence-electron chi connectivity index (χ2n) is 8.85. The van der Waals surface area contributed by atoms with Gasteiger partial charge in [-0.3, -0.25) is 9.78 Å². The van der Waals surface area contributed by atoms with Crippen molar-refractivity contribution in [2.75, 3.05) is 25.6 Å². The number of methoxy groups -OCH3 is 1. The van der Waals surface area contributed by atoms with Crippen molar-refractivity contribution in [3.8, 4) is 11.5 Å². The van der Waals surface area contributed by atoms with E-state index in [4.69, 9.17) is 19.9 Å². The Bertz CT molecular complexity index is 1230. The molecular weight excluding hydrogens is 453 g/mol. The average molecular weight is 482 g/mol. The van der Waals surface area contributed by atoms with Crippen LogP contribution < -0.4 is 25.8 Å². The first kappa shape index (κ1) is 23.4. The molecule has 0 saturated carbocycles. The molecule has 2 aliphatic rings. The number of aromatic nitrogens is 2. The quantitative estimate of drug-likeness (QED) is 0.470. The topological polar surface area (TPSA) is 121 Å². The molecule has 184 valence electrons.